The van der Waals surface area contributed by atoms with Crippen molar-refractivity contribution in [1.82, 2.24) is 9.88 Å². The summed E-state index contributed by atoms with van der Waals surface area (Å²) >= 11 is 6.14. The van der Waals surface area contributed by atoms with Crippen LogP contribution in [-0.2, 0) is 15.1 Å². The van der Waals surface area contributed by atoms with E-state index in [1.165, 1.54) is 18.2 Å². The largest absolute Gasteiger partial charge is 0.486 e. The Bertz CT molecular complexity index is 925. The van der Waals surface area contributed by atoms with Crippen LogP contribution in [0.5, 0.6) is 5.75 Å². The van der Waals surface area contributed by atoms with Crippen LogP contribution in [0.1, 0.15) is 29.4 Å². The van der Waals surface area contributed by atoms with Gasteiger partial charge in [0.2, 0.25) is 0 Å². The summed E-state index contributed by atoms with van der Waals surface area (Å²) in [4.78, 5) is 19.1. The van der Waals surface area contributed by atoms with E-state index < -0.39 is 18.1 Å². The van der Waals surface area contributed by atoms with Crippen molar-refractivity contribution >= 4 is 17.5 Å². The van der Waals surface area contributed by atoms with Gasteiger partial charge in [0.05, 0.1) is 17.3 Å². The lowest BCUT2D eigenvalue weighted by atomic mass is 9.85. The van der Waals surface area contributed by atoms with E-state index in [1.54, 1.807) is 11.1 Å². The van der Waals surface area contributed by atoms with E-state index in [1.807, 2.05) is 18.2 Å². The fourth-order valence-electron chi connectivity index (χ4n) is 3.78. The van der Waals surface area contributed by atoms with Gasteiger partial charge in [-0.2, -0.15) is 0 Å². The third-order valence-corrected chi connectivity index (χ3v) is 5.59. The first kappa shape index (κ1) is 21.0. The van der Waals surface area contributed by atoms with Crippen LogP contribution in [0, 0.1) is 0 Å². The highest BCUT2D eigenvalue weighted by molar-refractivity contribution is 6.32. The quantitative estimate of drug-likeness (QED) is 0.709. The van der Waals surface area contributed by atoms with Gasteiger partial charge in [-0.1, -0.05) is 17.7 Å². The molecular formula is C21H21ClF2N2O4. The van der Waals surface area contributed by atoms with Crippen molar-refractivity contribution in [2.45, 2.75) is 31.0 Å². The Balaban J connectivity index is 1.47. The van der Waals surface area contributed by atoms with Crippen molar-refractivity contribution in [2.75, 3.05) is 26.5 Å². The molecule has 30 heavy (non-hydrogen) atoms. The smallest absolute Gasteiger partial charge is 0.278 e. The van der Waals surface area contributed by atoms with Crippen molar-refractivity contribution < 1.29 is 27.8 Å². The maximum atomic E-state index is 13.0. The van der Waals surface area contributed by atoms with E-state index in [-0.39, 0.29) is 29.6 Å². The molecule has 2 aliphatic heterocycles. The average molecular weight is 439 g/mol. The van der Waals surface area contributed by atoms with Crippen LogP contribution in [0.3, 0.4) is 0 Å². The molecule has 0 radical (unpaired) electrons. The molecule has 0 N–H and O–H groups in total. The van der Waals surface area contributed by atoms with E-state index in [0.717, 1.165) is 12.6 Å². The van der Waals surface area contributed by atoms with Gasteiger partial charge in [-0.05, 0) is 30.3 Å². The second-order valence-corrected chi connectivity index (χ2v) is 7.93. The third kappa shape index (κ3) is 4.12. The zero-order valence-electron chi connectivity index (χ0n) is 16.3. The number of rotatable bonds is 5. The van der Waals surface area contributed by atoms with Gasteiger partial charge in [-0.15, -0.1) is 0 Å². The van der Waals surface area contributed by atoms with Crippen LogP contribution in [0.2, 0.25) is 5.02 Å². The van der Waals surface area contributed by atoms with Gasteiger partial charge >= 0.3 is 0 Å². The molecule has 1 aromatic carbocycles. The Labute approximate surface area is 177 Å². The zero-order valence-corrected chi connectivity index (χ0v) is 17.1. The summed E-state index contributed by atoms with van der Waals surface area (Å²) in [5, 5.41) is 0.102. The number of hydrogen-bond donors (Lipinski definition) is 0. The van der Waals surface area contributed by atoms with Crippen LogP contribution in [-0.4, -0.2) is 54.3 Å². The summed E-state index contributed by atoms with van der Waals surface area (Å²) < 4.78 is 42.7. The first-order valence-electron chi connectivity index (χ1n) is 9.55. The van der Waals surface area contributed by atoms with Crippen LogP contribution in [0.15, 0.2) is 42.6 Å². The molecule has 2 fully saturated rings. The van der Waals surface area contributed by atoms with E-state index in [2.05, 4.69) is 4.98 Å². The number of alkyl halides is 2. The lowest BCUT2D eigenvalue weighted by molar-refractivity contribution is -0.0470. The molecule has 0 aliphatic carbocycles. The van der Waals surface area contributed by atoms with E-state index >= 15 is 0 Å². The summed E-state index contributed by atoms with van der Waals surface area (Å²) in [7, 11) is 0. The SMILES string of the molecule is CC(F)(F)COc1ccc(C(=O)N2CC[C@]3(c4ccccn4)OCOC3C2)cc1Cl. The van der Waals surface area contributed by atoms with E-state index in [9.17, 15) is 13.6 Å². The lowest BCUT2D eigenvalue weighted by Gasteiger charge is -2.41. The first-order chi connectivity index (χ1) is 14.3. The van der Waals surface area contributed by atoms with Crippen molar-refractivity contribution in [1.29, 1.82) is 0 Å². The summed E-state index contributed by atoms with van der Waals surface area (Å²) in [6.07, 6.45) is 1.91. The Morgan fingerprint density at radius 3 is 2.93 bits per heavy atom. The maximum Gasteiger partial charge on any atom is 0.278 e. The number of ether oxygens (including phenoxy) is 3. The molecule has 0 saturated carbocycles. The van der Waals surface area contributed by atoms with Crippen molar-refractivity contribution in [2.24, 2.45) is 0 Å². The fraction of sp³-hybridized carbons (Fsp3) is 0.429. The average Bonchev–Trinajstić information content (AvgIpc) is 3.16. The molecule has 1 aromatic heterocycles. The number of carbonyl (C=O) groups is 1. The van der Waals surface area contributed by atoms with Gasteiger partial charge in [-0.25, -0.2) is 8.78 Å². The van der Waals surface area contributed by atoms with Crippen LogP contribution >= 0.6 is 11.6 Å². The van der Waals surface area contributed by atoms with Gasteiger partial charge in [0.15, 0.2) is 6.61 Å². The highest BCUT2D eigenvalue weighted by Crippen LogP contribution is 2.42. The normalized spacial score (nSPS) is 23.9. The number of pyridine rings is 1. The number of carbonyl (C=O) groups excluding carboxylic acids is 1. The number of hydrogen-bond acceptors (Lipinski definition) is 5. The monoisotopic (exact) mass is 438 g/mol. The Morgan fingerprint density at radius 2 is 2.23 bits per heavy atom. The van der Waals surface area contributed by atoms with E-state index in [4.69, 9.17) is 25.8 Å². The molecule has 9 heteroatoms. The Hall–Kier alpha value is -2.29. The van der Waals surface area contributed by atoms with Gasteiger partial charge in [0, 0.05) is 31.6 Å². The highest BCUT2D eigenvalue weighted by atomic mass is 35.5. The minimum atomic E-state index is -2.98. The summed E-state index contributed by atoms with van der Waals surface area (Å²) in [5.41, 5.74) is 0.468. The number of nitrogens with zero attached hydrogens (tertiary/aromatic N) is 2. The molecule has 160 valence electrons. The fourth-order valence-corrected chi connectivity index (χ4v) is 4.01. The Morgan fingerprint density at radius 1 is 1.40 bits per heavy atom. The van der Waals surface area contributed by atoms with Crippen LogP contribution in [0.4, 0.5) is 8.78 Å². The van der Waals surface area contributed by atoms with Crippen molar-refractivity contribution in [3.8, 4) is 5.75 Å². The number of piperidine rings is 1. The standard InChI is InChI=1S/C21H21ClF2N2O4/c1-20(23,24)12-28-16-6-5-14(10-15(16)22)19(27)26-9-7-21(17-4-2-3-8-25-17)18(11-26)29-13-30-21/h2-6,8,10,18H,7,9,11-13H2,1H3/t18?,21-/m1/s1. The third-order valence-electron chi connectivity index (χ3n) is 5.29. The van der Waals surface area contributed by atoms with Gasteiger partial charge in [0.25, 0.3) is 11.8 Å². The number of halogens is 3. The lowest BCUT2D eigenvalue weighted by Crippen LogP contribution is -2.53. The first-order valence-corrected chi connectivity index (χ1v) is 9.93. The molecule has 2 atom stereocenters. The molecule has 6 nitrogen and oxygen atoms in total. The van der Waals surface area contributed by atoms with Crippen LogP contribution < -0.4 is 4.74 Å². The van der Waals surface area contributed by atoms with Gasteiger partial charge in [-0.3, -0.25) is 9.78 Å². The van der Waals surface area contributed by atoms with Gasteiger partial charge < -0.3 is 19.1 Å². The predicted molar refractivity (Wildman–Crippen MR) is 105 cm³/mol. The molecule has 0 bridgehead atoms. The van der Waals surface area contributed by atoms with Gasteiger partial charge in [0.1, 0.15) is 24.2 Å². The maximum absolute atomic E-state index is 13.0. The molecule has 2 saturated heterocycles. The molecule has 0 spiro atoms. The van der Waals surface area contributed by atoms with Crippen molar-refractivity contribution in [3.05, 3.63) is 58.9 Å². The van der Waals surface area contributed by atoms with E-state index in [0.29, 0.717) is 25.1 Å². The summed E-state index contributed by atoms with van der Waals surface area (Å²) in [5.74, 6) is -3.10. The number of amides is 1. The van der Waals surface area contributed by atoms with Crippen LogP contribution in [0.25, 0.3) is 0 Å². The minimum Gasteiger partial charge on any atom is -0.486 e. The minimum absolute atomic E-state index is 0.102. The number of likely N-dealkylation sites (tertiary alicyclic amines) is 1. The summed E-state index contributed by atoms with van der Waals surface area (Å²) in [6, 6.07) is 10.0. The molecule has 2 aromatic rings. The molecule has 1 unspecified atom stereocenters. The zero-order chi connectivity index (χ0) is 21.4. The summed E-state index contributed by atoms with van der Waals surface area (Å²) in [6.45, 7) is 0.902. The molecular weight excluding hydrogens is 418 g/mol. The molecule has 2 aliphatic rings. The second-order valence-electron chi connectivity index (χ2n) is 7.53. The Kier molecular flexibility index (Phi) is 5.65. The number of fused-ring (bicyclic) bond motifs is 1. The second kappa shape index (κ2) is 8.09. The predicted octanol–water partition coefficient (Wildman–Crippen LogP) is 3.88. The molecule has 3 heterocycles. The van der Waals surface area contributed by atoms with Crippen molar-refractivity contribution in [3.63, 3.8) is 0 Å². The number of aromatic nitrogens is 1. The molecule has 1 amide bonds. The highest BCUT2D eigenvalue weighted by Gasteiger charge is 2.52. The number of benzene rings is 1. The topological polar surface area (TPSA) is 60.9 Å². The molecule has 4 rings (SSSR count).